The monoisotopic (exact) mass is 740 g/mol. The highest BCUT2D eigenvalue weighted by Gasteiger charge is 2.70. The highest BCUT2D eigenvalue weighted by atomic mass is 16.5. The minimum Gasteiger partial charge on any atom is -0.481 e. The fraction of sp³-hybridized carbons (Fsp3) is 0.717. The van der Waals surface area contributed by atoms with Crippen molar-refractivity contribution in [3.63, 3.8) is 0 Å². The summed E-state index contributed by atoms with van der Waals surface area (Å²) < 4.78 is 6.17. The van der Waals surface area contributed by atoms with Crippen molar-refractivity contribution < 1.29 is 29.0 Å². The molecule has 6 aliphatic rings. The second-order valence-electron chi connectivity index (χ2n) is 20.7. The lowest BCUT2D eigenvalue weighted by atomic mass is 9.33. The van der Waals surface area contributed by atoms with E-state index in [0.717, 1.165) is 75.5 Å². The van der Waals surface area contributed by atoms with Crippen molar-refractivity contribution in [3.8, 4) is 0 Å². The van der Waals surface area contributed by atoms with E-state index in [2.05, 4.69) is 64.8 Å². The third kappa shape index (κ3) is 5.85. The number of ketones is 1. The summed E-state index contributed by atoms with van der Waals surface area (Å²) >= 11 is 0. The molecule has 8 heteroatoms. The van der Waals surface area contributed by atoms with Gasteiger partial charge in [0.1, 0.15) is 6.10 Å². The summed E-state index contributed by atoms with van der Waals surface area (Å²) in [7, 11) is 0. The lowest BCUT2D eigenvalue weighted by molar-refractivity contribution is -0.232. The molecule has 54 heavy (non-hydrogen) atoms. The van der Waals surface area contributed by atoms with E-state index in [-0.39, 0.29) is 57.7 Å². The van der Waals surface area contributed by atoms with Gasteiger partial charge in [0.25, 0.3) is 0 Å². The first-order valence-electron chi connectivity index (χ1n) is 20.8. The Bertz CT molecular complexity index is 1790. The Labute approximate surface area is 322 Å². The number of nitrogens with one attached hydrogen (secondary N) is 1. The average molecular weight is 741 g/mol. The number of allylic oxidation sites excluding steroid dienone is 3. The van der Waals surface area contributed by atoms with Gasteiger partial charge in [0, 0.05) is 23.4 Å². The molecule has 8 atom stereocenters. The first kappa shape index (κ1) is 39.0. The number of esters is 1. The Balaban J connectivity index is 1.15. The smallest absolute Gasteiger partial charge is 0.309 e. The number of carbonyl (C=O) groups is 4. The summed E-state index contributed by atoms with van der Waals surface area (Å²) in [5, 5.41) is 12.9. The van der Waals surface area contributed by atoms with Gasteiger partial charge in [-0.25, -0.2) is 0 Å². The van der Waals surface area contributed by atoms with E-state index in [9.17, 15) is 24.3 Å². The van der Waals surface area contributed by atoms with Crippen LogP contribution in [-0.2, 0) is 29.5 Å². The molecule has 5 fully saturated rings. The molecule has 0 aromatic carbocycles. The highest BCUT2D eigenvalue weighted by molar-refractivity contribution is 6.01. The van der Waals surface area contributed by atoms with Crippen molar-refractivity contribution in [3.05, 3.63) is 53.4 Å². The van der Waals surface area contributed by atoms with E-state index in [1.54, 1.807) is 26.1 Å². The van der Waals surface area contributed by atoms with Gasteiger partial charge in [0.15, 0.2) is 5.78 Å². The zero-order valence-electron chi connectivity index (χ0n) is 34.3. The number of carbonyl (C=O) groups excluding carboxylic acids is 3. The van der Waals surface area contributed by atoms with Gasteiger partial charge in [0.2, 0.25) is 5.91 Å². The molecule has 0 aliphatic heterocycles. The van der Waals surface area contributed by atoms with E-state index in [0.29, 0.717) is 18.3 Å². The van der Waals surface area contributed by atoms with Crippen molar-refractivity contribution in [2.45, 2.75) is 151 Å². The predicted octanol–water partition coefficient (Wildman–Crippen LogP) is 9.14. The number of Topliss-reactive ketones (excluding diaryl/α,β-unsaturated/α-hetero) is 1. The second kappa shape index (κ2) is 12.9. The first-order valence-corrected chi connectivity index (χ1v) is 20.8. The molecule has 0 saturated heterocycles. The van der Waals surface area contributed by atoms with Crippen molar-refractivity contribution in [1.29, 1.82) is 0 Å². The normalized spacial score (nSPS) is 37.9. The van der Waals surface area contributed by atoms with Crippen LogP contribution in [0.25, 0.3) is 0 Å². The lowest BCUT2D eigenvalue weighted by Crippen LogP contribution is -2.65. The number of rotatable bonds is 9. The van der Waals surface area contributed by atoms with Crippen LogP contribution in [-0.4, -0.2) is 39.8 Å². The minimum absolute atomic E-state index is 0.00346. The van der Waals surface area contributed by atoms with Crippen LogP contribution in [0.2, 0.25) is 0 Å². The molecule has 1 amide bonds. The molecule has 1 aromatic rings. The summed E-state index contributed by atoms with van der Waals surface area (Å²) in [4.78, 5) is 57.1. The molecule has 5 saturated carbocycles. The van der Waals surface area contributed by atoms with Crippen LogP contribution in [0.3, 0.4) is 0 Å². The number of nitrogens with zero attached hydrogens (tertiary/aromatic N) is 1. The Morgan fingerprint density at radius 2 is 1.67 bits per heavy atom. The van der Waals surface area contributed by atoms with E-state index in [1.165, 1.54) is 5.57 Å². The molecule has 0 bridgehead atoms. The van der Waals surface area contributed by atoms with Gasteiger partial charge in [-0.05, 0) is 147 Å². The van der Waals surface area contributed by atoms with Gasteiger partial charge in [-0.15, -0.1) is 0 Å². The van der Waals surface area contributed by atoms with Crippen LogP contribution >= 0.6 is 0 Å². The maximum absolute atomic E-state index is 14.1. The summed E-state index contributed by atoms with van der Waals surface area (Å²) in [6.07, 6.45) is 15.4. The highest BCUT2D eigenvalue weighted by Crippen LogP contribution is 2.77. The van der Waals surface area contributed by atoms with E-state index in [1.807, 2.05) is 18.2 Å². The van der Waals surface area contributed by atoms with Crippen molar-refractivity contribution >= 4 is 23.6 Å². The molecule has 294 valence electrons. The molecule has 7 rings (SSSR count). The number of hydrogen-bond acceptors (Lipinski definition) is 6. The average Bonchev–Trinajstić information content (AvgIpc) is 3.80. The van der Waals surface area contributed by atoms with Crippen molar-refractivity contribution in [1.82, 2.24) is 10.3 Å². The SMILES string of the molecule is CC(C)C1=C2C3CCC4C5(C)CCC(OC(=O)CC(C)(C)C(=O)O)C(C)(C)C5CCC4(C)C3(C)CCC2(C=CC(=O)NC2(c3ccccn3)CC2)CC1=O. The van der Waals surface area contributed by atoms with Crippen LogP contribution in [0.5, 0.6) is 0 Å². The van der Waals surface area contributed by atoms with Gasteiger partial charge in [-0.3, -0.25) is 24.2 Å². The van der Waals surface area contributed by atoms with Gasteiger partial charge in [0.05, 0.1) is 23.1 Å². The Hall–Kier alpha value is -3.29. The number of aliphatic carboxylic acids is 1. The second-order valence-corrected chi connectivity index (χ2v) is 20.7. The maximum atomic E-state index is 14.1. The largest absolute Gasteiger partial charge is 0.481 e. The van der Waals surface area contributed by atoms with Gasteiger partial charge < -0.3 is 15.2 Å². The van der Waals surface area contributed by atoms with Gasteiger partial charge in [-0.2, -0.15) is 0 Å². The molecule has 2 N–H and O–H groups in total. The number of amides is 1. The molecule has 6 aliphatic carbocycles. The Morgan fingerprint density at radius 3 is 2.30 bits per heavy atom. The zero-order valence-corrected chi connectivity index (χ0v) is 34.3. The van der Waals surface area contributed by atoms with Crippen molar-refractivity contribution in [2.24, 2.45) is 56.2 Å². The number of pyridine rings is 1. The molecule has 8 nitrogen and oxygen atoms in total. The number of ether oxygens (including phenoxy) is 1. The number of aromatic nitrogens is 1. The maximum Gasteiger partial charge on any atom is 0.309 e. The Morgan fingerprint density at radius 1 is 0.944 bits per heavy atom. The van der Waals surface area contributed by atoms with Crippen LogP contribution in [0.15, 0.2) is 47.7 Å². The molecule has 8 unspecified atom stereocenters. The van der Waals surface area contributed by atoms with Crippen molar-refractivity contribution in [2.75, 3.05) is 0 Å². The minimum atomic E-state index is -1.17. The lowest BCUT2D eigenvalue weighted by Gasteiger charge is -2.72. The number of carboxylic acid groups (broad SMARTS) is 1. The third-order valence-corrected chi connectivity index (χ3v) is 16.7. The molecular weight excluding hydrogens is 677 g/mol. The van der Waals surface area contributed by atoms with Gasteiger partial charge >= 0.3 is 11.9 Å². The zero-order chi connectivity index (χ0) is 39.3. The van der Waals surface area contributed by atoms with E-state index < -0.39 is 28.3 Å². The fourth-order valence-electron chi connectivity index (χ4n) is 13.4. The third-order valence-electron chi connectivity index (χ3n) is 16.7. The summed E-state index contributed by atoms with van der Waals surface area (Å²) in [6.45, 7) is 19.6. The summed E-state index contributed by atoms with van der Waals surface area (Å²) in [5.41, 5.74) is 1.13. The van der Waals surface area contributed by atoms with Crippen LogP contribution in [0.4, 0.5) is 0 Å². The number of fused-ring (bicyclic) bond motifs is 7. The standard InChI is InChI=1S/C46H64N2O6/c1-28(2)37-30(49)26-45(20-17-35(50)48-46(23-24-46)33-12-10-11-25-47-33)22-21-43(8)29(38(37)45)13-14-32-42(7)18-16-34(54-36(51)27-40(3,4)39(52)53)41(5,6)31(42)15-19-44(32,43)9/h10-12,17,20,25,28-29,31-32,34H,13-16,18-19,21-24,26-27H2,1-9H3,(H,48,50)(H,52,53). The molecular formula is C46H64N2O6. The fourth-order valence-corrected chi connectivity index (χ4v) is 13.4. The summed E-state index contributed by atoms with van der Waals surface area (Å²) in [5.74, 6) is -0.0170. The number of carboxylic acids is 1. The molecule has 0 spiro atoms. The first-order chi connectivity index (χ1) is 25.2. The summed E-state index contributed by atoms with van der Waals surface area (Å²) in [6, 6.07) is 5.85. The molecule has 1 aromatic heterocycles. The quantitative estimate of drug-likeness (QED) is 0.191. The van der Waals surface area contributed by atoms with E-state index >= 15 is 0 Å². The van der Waals surface area contributed by atoms with E-state index in [4.69, 9.17) is 4.74 Å². The topological polar surface area (TPSA) is 123 Å². The molecule has 1 heterocycles. The predicted molar refractivity (Wildman–Crippen MR) is 208 cm³/mol. The van der Waals surface area contributed by atoms with Gasteiger partial charge in [-0.1, -0.05) is 60.6 Å². The molecule has 0 radical (unpaired) electrons. The van der Waals surface area contributed by atoms with Crippen LogP contribution in [0, 0.1) is 56.2 Å². The number of hydrogen-bond donors (Lipinski definition) is 2. The Kier molecular flexibility index (Phi) is 9.29. The van der Waals surface area contributed by atoms with Crippen LogP contribution < -0.4 is 5.32 Å². The van der Waals surface area contributed by atoms with Crippen LogP contribution in [0.1, 0.15) is 145 Å².